The number of carbonyl (C=O) groups is 1. The number of hydrogen-bond donors (Lipinski definition) is 0. The maximum atomic E-state index is 11.5. The van der Waals surface area contributed by atoms with Gasteiger partial charge in [0.15, 0.2) is 11.5 Å². The number of benzene rings is 1. The Hall–Kier alpha value is -1.16. The minimum absolute atomic E-state index is 0.301. The Labute approximate surface area is 112 Å². The summed E-state index contributed by atoms with van der Waals surface area (Å²) < 4.78 is 11.2. The van der Waals surface area contributed by atoms with Crippen LogP contribution in [0.4, 0.5) is 0 Å². The minimum Gasteiger partial charge on any atom is -0.490 e. The van der Waals surface area contributed by atoms with Gasteiger partial charge in [-0.05, 0) is 24.6 Å². The van der Waals surface area contributed by atoms with E-state index in [9.17, 15) is 4.79 Å². The molecule has 0 fully saturated rings. The summed E-state index contributed by atoms with van der Waals surface area (Å²) >= 11 is 1.56. The van der Waals surface area contributed by atoms with Gasteiger partial charge in [0.25, 0.3) is 0 Å². The van der Waals surface area contributed by atoms with Gasteiger partial charge in [-0.3, -0.25) is 4.79 Å². The van der Waals surface area contributed by atoms with Crippen molar-refractivity contribution in [1.82, 2.24) is 0 Å². The van der Waals surface area contributed by atoms with Gasteiger partial charge < -0.3 is 9.47 Å². The Bertz CT molecular complexity index is 418. The van der Waals surface area contributed by atoms with E-state index in [-0.39, 0.29) is 0 Å². The Kier molecular flexibility index (Phi) is 4.93. The first kappa shape index (κ1) is 13.3. The van der Waals surface area contributed by atoms with Gasteiger partial charge in [-0.25, -0.2) is 0 Å². The molecule has 0 unspecified atom stereocenters. The van der Waals surface area contributed by atoms with Crippen molar-refractivity contribution in [2.45, 2.75) is 31.1 Å². The van der Waals surface area contributed by atoms with Gasteiger partial charge in [-0.2, -0.15) is 0 Å². The summed E-state index contributed by atoms with van der Waals surface area (Å²) in [5.41, 5.74) is 0. The van der Waals surface area contributed by atoms with E-state index >= 15 is 0 Å². The standard InChI is InChI=1S/C14H18O3S/c1-2-4-11(15)10-18-12-5-6-13-14(9-12)17-8-3-7-16-13/h5-6,9H,2-4,7-8,10H2,1H3. The van der Waals surface area contributed by atoms with E-state index in [1.165, 1.54) is 0 Å². The first-order valence-electron chi connectivity index (χ1n) is 6.33. The fourth-order valence-corrected chi connectivity index (χ4v) is 2.57. The molecule has 0 radical (unpaired) electrons. The Morgan fingerprint density at radius 2 is 2.06 bits per heavy atom. The van der Waals surface area contributed by atoms with Crippen molar-refractivity contribution in [3.63, 3.8) is 0 Å². The number of fused-ring (bicyclic) bond motifs is 1. The van der Waals surface area contributed by atoms with Crippen LogP contribution in [-0.4, -0.2) is 24.7 Å². The van der Waals surface area contributed by atoms with Crippen molar-refractivity contribution in [3.8, 4) is 11.5 Å². The second-order valence-corrected chi connectivity index (χ2v) is 5.29. The summed E-state index contributed by atoms with van der Waals surface area (Å²) in [6.07, 6.45) is 2.49. The summed E-state index contributed by atoms with van der Waals surface area (Å²) in [6, 6.07) is 5.87. The molecule has 0 N–H and O–H groups in total. The molecular weight excluding hydrogens is 248 g/mol. The van der Waals surface area contributed by atoms with Crippen LogP contribution in [0.5, 0.6) is 11.5 Å². The predicted molar refractivity (Wildman–Crippen MR) is 72.7 cm³/mol. The van der Waals surface area contributed by atoms with Gasteiger partial charge in [0.05, 0.1) is 19.0 Å². The summed E-state index contributed by atoms with van der Waals surface area (Å²) in [5.74, 6) is 2.43. The Balaban J connectivity index is 1.97. The molecule has 4 heteroatoms. The fourth-order valence-electron chi connectivity index (χ4n) is 1.75. The molecule has 98 valence electrons. The summed E-state index contributed by atoms with van der Waals surface area (Å²) in [4.78, 5) is 12.5. The van der Waals surface area contributed by atoms with Gasteiger partial charge >= 0.3 is 0 Å². The SMILES string of the molecule is CCCC(=O)CSc1ccc2c(c1)OCCCO2. The van der Waals surface area contributed by atoms with E-state index in [0.29, 0.717) is 31.2 Å². The summed E-state index contributed by atoms with van der Waals surface area (Å²) in [6.45, 7) is 3.42. The fraction of sp³-hybridized carbons (Fsp3) is 0.500. The minimum atomic E-state index is 0.301. The van der Waals surface area contributed by atoms with Gasteiger partial charge in [-0.1, -0.05) is 6.92 Å². The third-order valence-corrected chi connectivity index (χ3v) is 3.70. The van der Waals surface area contributed by atoms with Crippen LogP contribution in [0.2, 0.25) is 0 Å². The molecule has 0 bridgehead atoms. The van der Waals surface area contributed by atoms with Gasteiger partial charge in [0.2, 0.25) is 0 Å². The third-order valence-electron chi connectivity index (χ3n) is 2.65. The van der Waals surface area contributed by atoms with Crippen LogP contribution in [0, 0.1) is 0 Å². The van der Waals surface area contributed by atoms with E-state index in [4.69, 9.17) is 9.47 Å². The molecule has 1 heterocycles. The maximum Gasteiger partial charge on any atom is 0.162 e. The monoisotopic (exact) mass is 266 g/mol. The molecule has 0 saturated heterocycles. The predicted octanol–water partition coefficient (Wildman–Crippen LogP) is 3.31. The highest BCUT2D eigenvalue weighted by Crippen LogP contribution is 2.33. The lowest BCUT2D eigenvalue weighted by atomic mass is 10.3. The summed E-state index contributed by atoms with van der Waals surface area (Å²) in [5, 5.41) is 0. The van der Waals surface area contributed by atoms with Gasteiger partial charge in [-0.15, -0.1) is 11.8 Å². The molecule has 1 aromatic carbocycles. The van der Waals surface area contributed by atoms with E-state index in [1.54, 1.807) is 11.8 Å². The lowest BCUT2D eigenvalue weighted by molar-refractivity contribution is -0.116. The first-order chi connectivity index (χ1) is 8.79. The van der Waals surface area contributed by atoms with Crippen LogP contribution >= 0.6 is 11.8 Å². The normalized spacial score (nSPS) is 14.1. The van der Waals surface area contributed by atoms with E-state index in [2.05, 4.69) is 0 Å². The van der Waals surface area contributed by atoms with Crippen molar-refractivity contribution in [1.29, 1.82) is 0 Å². The smallest absolute Gasteiger partial charge is 0.162 e. The largest absolute Gasteiger partial charge is 0.490 e. The van der Waals surface area contributed by atoms with Gasteiger partial charge in [0.1, 0.15) is 5.78 Å². The van der Waals surface area contributed by atoms with Crippen LogP contribution in [0.3, 0.4) is 0 Å². The van der Waals surface area contributed by atoms with Gasteiger partial charge in [0, 0.05) is 17.7 Å². The quantitative estimate of drug-likeness (QED) is 0.766. The van der Waals surface area contributed by atoms with Crippen molar-refractivity contribution < 1.29 is 14.3 Å². The van der Waals surface area contributed by atoms with Crippen molar-refractivity contribution in [2.24, 2.45) is 0 Å². The zero-order valence-corrected chi connectivity index (χ0v) is 11.4. The van der Waals surface area contributed by atoms with Crippen molar-refractivity contribution >= 4 is 17.5 Å². The van der Waals surface area contributed by atoms with Crippen LogP contribution in [0.25, 0.3) is 0 Å². The molecule has 0 aromatic heterocycles. The first-order valence-corrected chi connectivity index (χ1v) is 7.32. The topological polar surface area (TPSA) is 35.5 Å². The van der Waals surface area contributed by atoms with Crippen molar-refractivity contribution in [3.05, 3.63) is 18.2 Å². The average molecular weight is 266 g/mol. The molecule has 3 nitrogen and oxygen atoms in total. The Morgan fingerprint density at radius 1 is 1.28 bits per heavy atom. The molecule has 1 aliphatic rings. The number of hydrogen-bond acceptors (Lipinski definition) is 4. The molecule has 1 aliphatic heterocycles. The van der Waals surface area contributed by atoms with Crippen LogP contribution in [-0.2, 0) is 4.79 Å². The molecule has 18 heavy (non-hydrogen) atoms. The highest BCUT2D eigenvalue weighted by atomic mass is 32.2. The number of carbonyl (C=O) groups excluding carboxylic acids is 1. The lowest BCUT2D eigenvalue weighted by Gasteiger charge is -2.08. The van der Waals surface area contributed by atoms with E-state index in [0.717, 1.165) is 29.2 Å². The highest BCUT2D eigenvalue weighted by Gasteiger charge is 2.11. The second kappa shape index (κ2) is 6.69. The van der Waals surface area contributed by atoms with Crippen molar-refractivity contribution in [2.75, 3.05) is 19.0 Å². The zero-order valence-electron chi connectivity index (χ0n) is 10.6. The van der Waals surface area contributed by atoms with Crippen LogP contribution < -0.4 is 9.47 Å². The molecular formula is C14H18O3S. The molecule has 0 spiro atoms. The molecule has 0 aliphatic carbocycles. The molecule has 0 saturated carbocycles. The number of ketones is 1. The number of thioether (sulfide) groups is 1. The van der Waals surface area contributed by atoms with E-state index < -0.39 is 0 Å². The lowest BCUT2D eigenvalue weighted by Crippen LogP contribution is -2.00. The van der Waals surface area contributed by atoms with Crippen LogP contribution in [0.15, 0.2) is 23.1 Å². The third kappa shape index (κ3) is 3.67. The number of rotatable bonds is 5. The molecule has 1 aromatic rings. The summed E-state index contributed by atoms with van der Waals surface area (Å²) in [7, 11) is 0. The van der Waals surface area contributed by atoms with Crippen LogP contribution in [0.1, 0.15) is 26.2 Å². The number of Topliss-reactive ketones (excluding diaryl/α,β-unsaturated/α-hetero) is 1. The highest BCUT2D eigenvalue weighted by molar-refractivity contribution is 8.00. The molecule has 2 rings (SSSR count). The number of ether oxygens (including phenoxy) is 2. The maximum absolute atomic E-state index is 11.5. The zero-order chi connectivity index (χ0) is 12.8. The second-order valence-electron chi connectivity index (χ2n) is 4.24. The molecule has 0 atom stereocenters. The average Bonchev–Trinajstić information content (AvgIpc) is 2.61. The Morgan fingerprint density at radius 3 is 2.83 bits per heavy atom. The van der Waals surface area contributed by atoms with E-state index in [1.807, 2.05) is 25.1 Å². The molecule has 0 amide bonds.